The maximum atomic E-state index is 9.57. The Balaban J connectivity index is 2.68. The zero-order chi connectivity index (χ0) is 11.4. The molecule has 0 aromatic heterocycles. The fraction of sp³-hybridized carbons (Fsp3) is 0.333. The summed E-state index contributed by atoms with van der Waals surface area (Å²) in [4.78, 5) is 0. The van der Waals surface area contributed by atoms with Crippen molar-refractivity contribution in [3.05, 3.63) is 28.2 Å². The molecule has 0 saturated carbocycles. The second-order valence-corrected chi connectivity index (χ2v) is 4.11. The van der Waals surface area contributed by atoms with Crippen LogP contribution in [0.5, 0.6) is 0 Å². The van der Waals surface area contributed by atoms with Crippen LogP contribution in [-0.4, -0.2) is 30.0 Å². The Hall–Kier alpha value is -0.255. The van der Waals surface area contributed by atoms with Crippen molar-refractivity contribution in [3.8, 4) is 0 Å². The maximum Gasteiger partial charge on any atom is 0.491 e. The molecule has 1 unspecified atom stereocenters. The summed E-state index contributed by atoms with van der Waals surface area (Å²) in [5, 5.41) is 19.4. The molecule has 6 heteroatoms. The van der Waals surface area contributed by atoms with Crippen LogP contribution in [0.4, 0.5) is 0 Å². The van der Waals surface area contributed by atoms with Gasteiger partial charge in [0.25, 0.3) is 0 Å². The van der Waals surface area contributed by atoms with Gasteiger partial charge in [-0.2, -0.15) is 0 Å². The molecule has 1 aromatic carbocycles. The Morgan fingerprint density at radius 2 is 1.87 bits per heavy atom. The van der Waals surface area contributed by atoms with Crippen molar-refractivity contribution >= 4 is 35.8 Å². The predicted octanol–water partition coefficient (Wildman–Crippen LogP) is 1.08. The van der Waals surface area contributed by atoms with E-state index in [1.165, 1.54) is 0 Å². The number of hydrogen-bond acceptors (Lipinski definition) is 3. The normalized spacial score (nSPS) is 12.6. The molecule has 0 heterocycles. The lowest BCUT2D eigenvalue weighted by Gasteiger charge is -2.10. The first-order valence-electron chi connectivity index (χ1n) is 4.43. The SMILES string of the molecule is CC(O)COB(O)c1cc(Cl)cc(Cl)c1. The number of halogens is 2. The van der Waals surface area contributed by atoms with Crippen molar-refractivity contribution in [1.82, 2.24) is 0 Å². The van der Waals surface area contributed by atoms with E-state index in [2.05, 4.69) is 0 Å². The molecule has 0 saturated heterocycles. The van der Waals surface area contributed by atoms with Gasteiger partial charge in [0, 0.05) is 10.0 Å². The van der Waals surface area contributed by atoms with E-state index in [0.29, 0.717) is 15.5 Å². The summed E-state index contributed by atoms with van der Waals surface area (Å²) >= 11 is 11.5. The van der Waals surface area contributed by atoms with E-state index >= 15 is 0 Å². The first kappa shape index (κ1) is 12.8. The lowest BCUT2D eigenvalue weighted by molar-refractivity contribution is 0.112. The van der Waals surface area contributed by atoms with Crippen molar-refractivity contribution in [2.75, 3.05) is 6.61 Å². The third-order valence-corrected chi connectivity index (χ3v) is 2.10. The summed E-state index contributed by atoms with van der Waals surface area (Å²) in [7, 11) is -1.13. The average Bonchev–Trinajstić information content (AvgIpc) is 2.12. The summed E-state index contributed by atoms with van der Waals surface area (Å²) in [6, 6.07) is 4.67. The minimum absolute atomic E-state index is 0.0469. The minimum atomic E-state index is -1.13. The first-order chi connectivity index (χ1) is 6.99. The molecule has 82 valence electrons. The van der Waals surface area contributed by atoms with Crippen LogP contribution in [0.3, 0.4) is 0 Å². The Labute approximate surface area is 98.7 Å². The molecule has 0 fully saturated rings. The molecule has 0 aliphatic rings. The van der Waals surface area contributed by atoms with E-state index < -0.39 is 13.2 Å². The Morgan fingerprint density at radius 3 is 2.33 bits per heavy atom. The van der Waals surface area contributed by atoms with Crippen LogP contribution in [0.2, 0.25) is 10.0 Å². The molecule has 0 radical (unpaired) electrons. The van der Waals surface area contributed by atoms with Gasteiger partial charge in [0.1, 0.15) is 0 Å². The summed E-state index contributed by atoms with van der Waals surface area (Å²) in [5.74, 6) is 0. The van der Waals surface area contributed by atoms with Crippen LogP contribution in [0.15, 0.2) is 18.2 Å². The van der Waals surface area contributed by atoms with Gasteiger partial charge in [-0.15, -0.1) is 0 Å². The van der Waals surface area contributed by atoms with Gasteiger partial charge in [0.15, 0.2) is 0 Å². The Kier molecular flexibility index (Phi) is 4.89. The number of aliphatic hydroxyl groups is 1. The standard InChI is InChI=1S/C9H11BCl2O3/c1-6(13)5-15-10(14)7-2-8(11)4-9(12)3-7/h2-4,6,13-14H,5H2,1H3. The molecule has 2 N–H and O–H groups in total. The van der Waals surface area contributed by atoms with E-state index in [0.717, 1.165) is 0 Å². The van der Waals surface area contributed by atoms with Crippen molar-refractivity contribution < 1.29 is 14.8 Å². The number of hydrogen-bond donors (Lipinski definition) is 2. The second kappa shape index (κ2) is 5.73. The minimum Gasteiger partial charge on any atom is -0.423 e. The highest BCUT2D eigenvalue weighted by molar-refractivity contribution is 6.60. The quantitative estimate of drug-likeness (QED) is 0.785. The lowest BCUT2D eigenvalue weighted by Crippen LogP contribution is -2.35. The van der Waals surface area contributed by atoms with Crippen molar-refractivity contribution in [2.45, 2.75) is 13.0 Å². The summed E-state index contributed by atoms with van der Waals surface area (Å²) in [6.45, 7) is 1.61. The molecule has 0 bridgehead atoms. The maximum absolute atomic E-state index is 9.57. The summed E-state index contributed by atoms with van der Waals surface area (Å²) in [6.07, 6.45) is -0.630. The predicted molar refractivity (Wildman–Crippen MR) is 61.7 cm³/mol. The first-order valence-corrected chi connectivity index (χ1v) is 5.18. The molecule has 0 spiro atoms. The Bertz CT molecular complexity index is 313. The molecular weight excluding hydrogens is 238 g/mol. The van der Waals surface area contributed by atoms with Crippen LogP contribution < -0.4 is 5.46 Å². The van der Waals surface area contributed by atoms with Crippen LogP contribution in [-0.2, 0) is 4.65 Å². The molecule has 0 aliphatic heterocycles. The fourth-order valence-corrected chi connectivity index (χ4v) is 1.59. The summed E-state index contributed by atoms with van der Waals surface area (Å²) < 4.78 is 4.99. The summed E-state index contributed by atoms with van der Waals surface area (Å²) in [5.41, 5.74) is 0.466. The van der Waals surface area contributed by atoms with Crippen LogP contribution >= 0.6 is 23.2 Å². The zero-order valence-electron chi connectivity index (χ0n) is 8.15. The Morgan fingerprint density at radius 1 is 1.33 bits per heavy atom. The molecule has 3 nitrogen and oxygen atoms in total. The largest absolute Gasteiger partial charge is 0.491 e. The molecule has 1 rings (SSSR count). The average molecular weight is 249 g/mol. The fourth-order valence-electron chi connectivity index (χ4n) is 1.04. The third kappa shape index (κ3) is 4.41. The van der Waals surface area contributed by atoms with E-state index in [-0.39, 0.29) is 6.61 Å². The second-order valence-electron chi connectivity index (χ2n) is 3.24. The number of benzene rings is 1. The van der Waals surface area contributed by atoms with Gasteiger partial charge in [-0.1, -0.05) is 23.2 Å². The van der Waals surface area contributed by atoms with E-state index in [1.807, 2.05) is 0 Å². The number of aliphatic hydroxyl groups excluding tert-OH is 1. The van der Waals surface area contributed by atoms with Gasteiger partial charge in [-0.05, 0) is 30.6 Å². The van der Waals surface area contributed by atoms with Crippen molar-refractivity contribution in [3.63, 3.8) is 0 Å². The highest BCUT2D eigenvalue weighted by Crippen LogP contribution is 2.14. The van der Waals surface area contributed by atoms with Crippen LogP contribution in [0.1, 0.15) is 6.92 Å². The molecule has 1 aromatic rings. The van der Waals surface area contributed by atoms with Crippen LogP contribution in [0, 0.1) is 0 Å². The van der Waals surface area contributed by atoms with Crippen molar-refractivity contribution in [2.24, 2.45) is 0 Å². The van der Waals surface area contributed by atoms with Gasteiger partial charge in [-0.25, -0.2) is 0 Å². The van der Waals surface area contributed by atoms with Crippen LogP contribution in [0.25, 0.3) is 0 Å². The smallest absolute Gasteiger partial charge is 0.423 e. The van der Waals surface area contributed by atoms with Gasteiger partial charge in [0.05, 0.1) is 12.7 Å². The van der Waals surface area contributed by atoms with Gasteiger partial charge < -0.3 is 14.8 Å². The molecular formula is C9H11BCl2O3. The number of rotatable bonds is 4. The molecule has 15 heavy (non-hydrogen) atoms. The molecule has 0 aliphatic carbocycles. The van der Waals surface area contributed by atoms with E-state index in [4.69, 9.17) is 33.0 Å². The topological polar surface area (TPSA) is 49.7 Å². The third-order valence-electron chi connectivity index (χ3n) is 1.67. The van der Waals surface area contributed by atoms with Gasteiger partial charge >= 0.3 is 7.12 Å². The highest BCUT2D eigenvalue weighted by Gasteiger charge is 2.18. The molecule has 0 amide bonds. The van der Waals surface area contributed by atoms with Gasteiger partial charge in [-0.3, -0.25) is 0 Å². The lowest BCUT2D eigenvalue weighted by atomic mass is 9.79. The highest BCUT2D eigenvalue weighted by atomic mass is 35.5. The van der Waals surface area contributed by atoms with Crippen molar-refractivity contribution in [1.29, 1.82) is 0 Å². The van der Waals surface area contributed by atoms with Gasteiger partial charge in [0.2, 0.25) is 0 Å². The van der Waals surface area contributed by atoms with E-state index in [9.17, 15) is 5.02 Å². The van der Waals surface area contributed by atoms with E-state index in [1.54, 1.807) is 25.1 Å². The monoisotopic (exact) mass is 248 g/mol. The molecule has 1 atom stereocenters. The zero-order valence-corrected chi connectivity index (χ0v) is 9.66.